The van der Waals surface area contributed by atoms with Gasteiger partial charge in [0, 0.05) is 24.9 Å². The third kappa shape index (κ3) is 6.49. The second-order valence-electron chi connectivity index (χ2n) is 8.44. The molecule has 2 amide bonds. The molecule has 1 aromatic rings. The average molecular weight is 457 g/mol. The van der Waals surface area contributed by atoms with Gasteiger partial charge in [-0.05, 0) is 18.1 Å². The van der Waals surface area contributed by atoms with Gasteiger partial charge in [0.1, 0.15) is 5.56 Å². The fourth-order valence-electron chi connectivity index (χ4n) is 3.23. The van der Waals surface area contributed by atoms with Crippen LogP contribution >= 0.6 is 0 Å². The van der Waals surface area contributed by atoms with Crippen molar-refractivity contribution in [2.24, 2.45) is 5.41 Å². The van der Waals surface area contributed by atoms with Crippen molar-refractivity contribution in [1.82, 2.24) is 0 Å². The molecule has 2 rings (SSSR count). The Morgan fingerprint density at radius 3 is 2.39 bits per heavy atom. The maximum atomic E-state index is 12.4. The number of anilines is 2. The number of nitrogens with one attached hydrogen (secondary N) is 2. The lowest BCUT2D eigenvalue weighted by atomic mass is 9.88. The predicted octanol–water partition coefficient (Wildman–Crippen LogP) is 2.18. The van der Waals surface area contributed by atoms with E-state index in [-0.39, 0.29) is 29.5 Å². The van der Waals surface area contributed by atoms with E-state index in [0.29, 0.717) is 18.6 Å². The third-order valence-corrected chi connectivity index (χ3v) is 5.30. The Balaban J connectivity index is 2.54. The Bertz CT molecular complexity index is 982. The monoisotopic (exact) mass is 456 g/mol. The first-order valence-electron chi connectivity index (χ1n) is 9.66. The maximum Gasteiger partial charge on any atom is 0.339 e. The number of carboxylic acids is 1. The molecule has 1 aliphatic rings. The minimum Gasteiger partial charge on any atom is -0.478 e. The summed E-state index contributed by atoms with van der Waals surface area (Å²) in [4.78, 5) is 36.4. The van der Waals surface area contributed by atoms with Gasteiger partial charge in [-0.2, -0.15) is 8.42 Å². The Morgan fingerprint density at radius 2 is 1.87 bits per heavy atom. The molecule has 0 aliphatic carbocycles. The smallest absolute Gasteiger partial charge is 0.339 e. The number of hydrogen-bond acceptors (Lipinski definition) is 7. The molecule has 10 nitrogen and oxygen atoms in total. The number of amides is 2. The largest absolute Gasteiger partial charge is 0.478 e. The molecule has 11 heteroatoms. The fourth-order valence-corrected chi connectivity index (χ4v) is 3.62. The third-order valence-electron chi connectivity index (χ3n) is 4.74. The minimum atomic E-state index is -3.69. The van der Waals surface area contributed by atoms with E-state index in [4.69, 9.17) is 8.92 Å². The van der Waals surface area contributed by atoms with Crippen LogP contribution < -0.4 is 10.6 Å². The van der Waals surface area contributed by atoms with E-state index in [1.165, 1.54) is 13.0 Å². The van der Waals surface area contributed by atoms with E-state index >= 15 is 0 Å². The number of hydrogen-bond donors (Lipinski definition) is 3. The lowest BCUT2D eigenvalue weighted by Gasteiger charge is -2.25. The lowest BCUT2D eigenvalue weighted by Crippen LogP contribution is -2.29. The van der Waals surface area contributed by atoms with Gasteiger partial charge in [0.2, 0.25) is 11.8 Å². The first kappa shape index (κ1) is 24.8. The zero-order valence-electron chi connectivity index (χ0n) is 18.1. The van der Waals surface area contributed by atoms with Crippen molar-refractivity contribution < 1.29 is 36.8 Å². The van der Waals surface area contributed by atoms with Crippen molar-refractivity contribution in [3.63, 3.8) is 0 Å². The topological polar surface area (TPSA) is 148 Å². The molecule has 1 saturated heterocycles. The van der Waals surface area contributed by atoms with E-state index in [9.17, 15) is 27.9 Å². The van der Waals surface area contributed by atoms with Crippen molar-refractivity contribution in [2.45, 2.75) is 46.1 Å². The van der Waals surface area contributed by atoms with Gasteiger partial charge in [-0.1, -0.05) is 26.8 Å². The molecule has 0 saturated carbocycles. The molecule has 0 bridgehead atoms. The Kier molecular flexibility index (Phi) is 7.45. The summed E-state index contributed by atoms with van der Waals surface area (Å²) in [5, 5.41) is 15.1. The van der Waals surface area contributed by atoms with Gasteiger partial charge >= 0.3 is 5.97 Å². The average Bonchev–Trinajstić information content (AvgIpc) is 3.06. The normalized spacial score (nSPS) is 19.1. The first-order valence-corrected chi connectivity index (χ1v) is 11.5. The summed E-state index contributed by atoms with van der Waals surface area (Å²) in [5.41, 5.74) is -0.494. The molecule has 31 heavy (non-hydrogen) atoms. The molecule has 0 radical (unpaired) electrons. The van der Waals surface area contributed by atoms with Crippen LogP contribution in [0.15, 0.2) is 12.1 Å². The molecule has 2 atom stereocenters. The van der Waals surface area contributed by atoms with Crippen molar-refractivity contribution in [2.75, 3.05) is 30.1 Å². The summed E-state index contributed by atoms with van der Waals surface area (Å²) in [5.74, 6) is -2.64. The number of benzene rings is 1. The first-order chi connectivity index (χ1) is 14.2. The standard InChI is InChI=1S/C20H28N2O8S/c1-11(23)21-17-13(12-8-9-29-15(12)10-30-31(5,27)28)6-7-14(16(17)18(24)25)22-19(26)20(2,3)4/h6-7,12,15H,8-10H2,1-5H3,(H,21,23)(H,22,26)(H,24,25)/t12-,15+/m1/s1. The van der Waals surface area contributed by atoms with E-state index in [0.717, 1.165) is 6.26 Å². The molecular formula is C20H28N2O8S. The molecule has 0 aromatic heterocycles. The Hall–Kier alpha value is -2.50. The van der Waals surface area contributed by atoms with Gasteiger partial charge in [0.25, 0.3) is 10.1 Å². The summed E-state index contributed by atoms with van der Waals surface area (Å²) < 4.78 is 33.2. The highest BCUT2D eigenvalue weighted by Crippen LogP contribution is 2.40. The van der Waals surface area contributed by atoms with Crippen molar-refractivity contribution >= 4 is 39.3 Å². The molecule has 0 unspecified atom stereocenters. The van der Waals surface area contributed by atoms with Crippen LogP contribution in [0.5, 0.6) is 0 Å². The highest BCUT2D eigenvalue weighted by Gasteiger charge is 2.35. The van der Waals surface area contributed by atoms with E-state index < -0.39 is 39.4 Å². The number of aromatic carboxylic acids is 1. The summed E-state index contributed by atoms with van der Waals surface area (Å²) in [6, 6.07) is 3.06. The number of carbonyl (C=O) groups excluding carboxylic acids is 2. The number of ether oxygens (including phenoxy) is 1. The highest BCUT2D eigenvalue weighted by molar-refractivity contribution is 7.85. The van der Waals surface area contributed by atoms with Crippen molar-refractivity contribution in [1.29, 1.82) is 0 Å². The van der Waals surface area contributed by atoms with Gasteiger partial charge in [-0.3, -0.25) is 13.8 Å². The molecule has 0 spiro atoms. The highest BCUT2D eigenvalue weighted by atomic mass is 32.2. The molecule has 1 aliphatic heterocycles. The van der Waals surface area contributed by atoms with E-state index in [1.807, 2.05) is 0 Å². The lowest BCUT2D eigenvalue weighted by molar-refractivity contribution is -0.123. The van der Waals surface area contributed by atoms with Gasteiger partial charge < -0.3 is 20.5 Å². The molecule has 1 aromatic carbocycles. The summed E-state index contributed by atoms with van der Waals surface area (Å²) in [7, 11) is -3.69. The quantitative estimate of drug-likeness (QED) is 0.529. The van der Waals surface area contributed by atoms with Crippen LogP contribution in [-0.4, -0.2) is 56.9 Å². The molecule has 1 fully saturated rings. The Labute approximate surface area is 181 Å². The molecule has 3 N–H and O–H groups in total. The second-order valence-corrected chi connectivity index (χ2v) is 10.1. The van der Waals surface area contributed by atoms with Crippen LogP contribution in [0.3, 0.4) is 0 Å². The second kappa shape index (κ2) is 9.33. The fraction of sp³-hybridized carbons (Fsp3) is 0.550. The maximum absolute atomic E-state index is 12.4. The van der Waals surface area contributed by atoms with Gasteiger partial charge in [0.05, 0.1) is 30.3 Å². The van der Waals surface area contributed by atoms with Gasteiger partial charge in [-0.25, -0.2) is 4.79 Å². The van der Waals surface area contributed by atoms with Gasteiger partial charge in [0.15, 0.2) is 0 Å². The summed E-state index contributed by atoms with van der Waals surface area (Å²) in [6.45, 7) is 6.38. The number of carboxylic acid groups (broad SMARTS) is 1. The zero-order chi connectivity index (χ0) is 23.6. The number of carbonyl (C=O) groups is 3. The van der Waals surface area contributed by atoms with E-state index in [2.05, 4.69) is 10.6 Å². The van der Waals surface area contributed by atoms with Crippen LogP contribution in [0.25, 0.3) is 0 Å². The SMILES string of the molecule is CC(=O)Nc1c([C@H]2CCO[C@H]2COS(C)(=O)=O)ccc(NC(=O)C(C)(C)C)c1C(=O)O. The van der Waals surface area contributed by atoms with E-state index in [1.54, 1.807) is 26.8 Å². The molecule has 1 heterocycles. The molecular weight excluding hydrogens is 428 g/mol. The van der Waals surface area contributed by atoms with Gasteiger partial charge in [-0.15, -0.1) is 0 Å². The summed E-state index contributed by atoms with van der Waals surface area (Å²) in [6.07, 6.45) is 0.741. The molecule has 172 valence electrons. The van der Waals surface area contributed by atoms with Crippen LogP contribution in [0.2, 0.25) is 0 Å². The number of rotatable bonds is 7. The zero-order valence-corrected chi connectivity index (χ0v) is 19.0. The van der Waals surface area contributed by atoms with Crippen LogP contribution in [-0.2, 0) is 28.6 Å². The van der Waals surface area contributed by atoms with Crippen LogP contribution in [0.1, 0.15) is 56.0 Å². The predicted molar refractivity (Wildman–Crippen MR) is 114 cm³/mol. The Morgan fingerprint density at radius 1 is 1.23 bits per heavy atom. The van der Waals surface area contributed by atoms with Crippen LogP contribution in [0.4, 0.5) is 11.4 Å². The minimum absolute atomic E-state index is 0.0339. The van der Waals surface area contributed by atoms with Crippen molar-refractivity contribution in [3.8, 4) is 0 Å². The van der Waals surface area contributed by atoms with Crippen LogP contribution in [0, 0.1) is 5.41 Å². The summed E-state index contributed by atoms with van der Waals surface area (Å²) >= 11 is 0. The van der Waals surface area contributed by atoms with Crippen molar-refractivity contribution in [3.05, 3.63) is 23.3 Å².